The number of allylic oxidation sites excluding steroid dienone is 2. The largest absolute Gasteiger partial charge is 0.465 e. The van der Waals surface area contributed by atoms with E-state index in [0.717, 1.165) is 0 Å². The number of ether oxygens (including phenoxy) is 2. The lowest BCUT2D eigenvalue weighted by molar-refractivity contribution is -0.139. The molecule has 3 rings (SSSR count). The summed E-state index contributed by atoms with van der Waals surface area (Å²) in [6.07, 6.45) is 6.12. The molecule has 1 heterocycles. The highest BCUT2D eigenvalue weighted by Gasteiger charge is 2.28. The summed E-state index contributed by atoms with van der Waals surface area (Å²) in [5, 5.41) is 1.09. The molecule has 0 amide bonds. The number of methoxy groups -OCH3 is 2. The Morgan fingerprint density at radius 2 is 1.72 bits per heavy atom. The minimum Gasteiger partial charge on any atom is -0.465 e. The van der Waals surface area contributed by atoms with E-state index in [1.807, 2.05) is 0 Å². The van der Waals surface area contributed by atoms with Gasteiger partial charge in [0.2, 0.25) is 0 Å². The molecule has 0 unspecified atom stereocenters. The molecule has 2 aromatic rings. The van der Waals surface area contributed by atoms with Gasteiger partial charge in [0.1, 0.15) is 5.70 Å². The molecule has 0 saturated carbocycles. The summed E-state index contributed by atoms with van der Waals surface area (Å²) in [6, 6.07) is 9.20. The highest BCUT2D eigenvalue weighted by Crippen LogP contribution is 2.33. The molecule has 0 fully saturated rings. The third kappa shape index (κ3) is 3.91. The van der Waals surface area contributed by atoms with Gasteiger partial charge >= 0.3 is 11.9 Å². The Balaban J connectivity index is 2.33. The molecule has 9 heteroatoms. The topological polar surface area (TPSA) is 110 Å². The van der Waals surface area contributed by atoms with Gasteiger partial charge in [-0.15, -0.1) is 0 Å². The van der Waals surface area contributed by atoms with E-state index in [1.165, 1.54) is 49.6 Å². The molecule has 0 aromatic heterocycles. The first-order valence-electron chi connectivity index (χ1n) is 8.33. The van der Waals surface area contributed by atoms with Crippen molar-refractivity contribution in [2.45, 2.75) is 4.90 Å². The van der Waals surface area contributed by atoms with Gasteiger partial charge in [-0.2, -0.15) is 8.42 Å². The summed E-state index contributed by atoms with van der Waals surface area (Å²) < 4.78 is 42.2. The Morgan fingerprint density at radius 1 is 1.00 bits per heavy atom. The minimum absolute atomic E-state index is 0.0349. The van der Waals surface area contributed by atoms with Gasteiger partial charge in [0.25, 0.3) is 10.1 Å². The molecule has 8 nitrogen and oxygen atoms in total. The molecule has 0 atom stereocenters. The van der Waals surface area contributed by atoms with Crippen LogP contribution in [0.1, 0.15) is 0 Å². The fourth-order valence-corrected chi connectivity index (χ4v) is 3.46. The number of esters is 2. The number of carbonyl (C=O) groups is 2. The van der Waals surface area contributed by atoms with Crippen LogP contribution in [0.15, 0.2) is 77.0 Å². The summed E-state index contributed by atoms with van der Waals surface area (Å²) in [7, 11) is -2.07. The SMILES string of the molecule is COC(=O)C1=C(C(=O)OC)N(c2cccc3ccc(S(=O)(=O)O)cc23)C=CC=C1. The third-order valence-corrected chi connectivity index (χ3v) is 5.13. The van der Waals surface area contributed by atoms with Crippen LogP contribution in [-0.4, -0.2) is 39.1 Å². The van der Waals surface area contributed by atoms with E-state index in [1.54, 1.807) is 30.4 Å². The van der Waals surface area contributed by atoms with Crippen molar-refractivity contribution in [1.29, 1.82) is 0 Å². The number of benzene rings is 2. The fraction of sp³-hybridized carbons (Fsp3) is 0.100. The molecule has 1 aliphatic rings. The predicted octanol–water partition coefficient (Wildman–Crippen LogP) is 2.58. The van der Waals surface area contributed by atoms with Crippen LogP contribution in [0.2, 0.25) is 0 Å². The maximum Gasteiger partial charge on any atom is 0.355 e. The molecule has 150 valence electrons. The zero-order valence-corrected chi connectivity index (χ0v) is 16.3. The Morgan fingerprint density at radius 3 is 2.38 bits per heavy atom. The van der Waals surface area contributed by atoms with Crippen molar-refractivity contribution in [3.05, 3.63) is 72.1 Å². The highest BCUT2D eigenvalue weighted by atomic mass is 32.2. The van der Waals surface area contributed by atoms with Gasteiger partial charge in [-0.25, -0.2) is 9.59 Å². The van der Waals surface area contributed by atoms with Crippen molar-refractivity contribution in [3.8, 4) is 0 Å². The number of hydrogen-bond acceptors (Lipinski definition) is 7. The molecular weight excluding hydrogens is 398 g/mol. The van der Waals surface area contributed by atoms with Gasteiger partial charge in [-0.3, -0.25) is 4.55 Å². The molecule has 2 aromatic carbocycles. The Bertz CT molecular complexity index is 1190. The molecule has 1 N–H and O–H groups in total. The average molecular weight is 415 g/mol. The summed E-state index contributed by atoms with van der Waals surface area (Å²) in [5.74, 6) is -1.53. The average Bonchev–Trinajstić information content (AvgIpc) is 2.94. The maximum absolute atomic E-state index is 12.6. The van der Waals surface area contributed by atoms with Gasteiger partial charge in [-0.05, 0) is 35.7 Å². The van der Waals surface area contributed by atoms with E-state index in [4.69, 9.17) is 9.47 Å². The van der Waals surface area contributed by atoms with Gasteiger partial charge in [0, 0.05) is 11.6 Å². The normalized spacial score (nSPS) is 14.1. The van der Waals surface area contributed by atoms with E-state index >= 15 is 0 Å². The number of nitrogens with zero attached hydrogens (tertiary/aromatic N) is 1. The standard InChI is InChI=1S/C20H17NO7S/c1-27-19(22)15-7-3-4-11-21(18(15)20(23)28-2)17-8-5-6-13-9-10-14(12-16(13)17)29(24,25)26/h3-12H,1-2H3,(H,24,25,26). The summed E-state index contributed by atoms with van der Waals surface area (Å²) in [6.45, 7) is 0. The van der Waals surface area contributed by atoms with Crippen LogP contribution in [0.3, 0.4) is 0 Å². The number of carbonyl (C=O) groups excluding carboxylic acids is 2. The zero-order chi connectivity index (χ0) is 21.2. The minimum atomic E-state index is -4.44. The van der Waals surface area contributed by atoms with Crippen LogP contribution in [0.5, 0.6) is 0 Å². The molecule has 0 aliphatic carbocycles. The fourth-order valence-electron chi connectivity index (χ4n) is 2.96. The van der Waals surface area contributed by atoms with E-state index in [9.17, 15) is 22.6 Å². The first-order valence-corrected chi connectivity index (χ1v) is 9.77. The number of fused-ring (bicyclic) bond motifs is 1. The van der Waals surface area contributed by atoms with Crippen molar-refractivity contribution >= 4 is 38.5 Å². The van der Waals surface area contributed by atoms with E-state index < -0.39 is 22.1 Å². The highest BCUT2D eigenvalue weighted by molar-refractivity contribution is 7.85. The lowest BCUT2D eigenvalue weighted by Gasteiger charge is -2.24. The van der Waals surface area contributed by atoms with Gasteiger partial charge in [0.05, 0.1) is 30.4 Å². The lowest BCUT2D eigenvalue weighted by Crippen LogP contribution is -2.27. The third-order valence-electron chi connectivity index (χ3n) is 4.28. The quantitative estimate of drug-likeness (QED) is 0.599. The summed E-state index contributed by atoms with van der Waals surface area (Å²) in [4.78, 5) is 25.9. The van der Waals surface area contributed by atoms with Crippen molar-refractivity contribution in [3.63, 3.8) is 0 Å². The second kappa shape index (κ2) is 7.90. The monoisotopic (exact) mass is 415 g/mol. The van der Waals surface area contributed by atoms with E-state index in [0.29, 0.717) is 16.5 Å². The number of rotatable bonds is 4. The maximum atomic E-state index is 12.6. The van der Waals surface area contributed by atoms with Crippen LogP contribution in [-0.2, 0) is 29.2 Å². The van der Waals surface area contributed by atoms with Crippen LogP contribution in [0, 0.1) is 0 Å². The van der Waals surface area contributed by atoms with Gasteiger partial charge in [0.15, 0.2) is 0 Å². The van der Waals surface area contributed by atoms with E-state index in [-0.39, 0.29) is 16.2 Å². The first-order chi connectivity index (χ1) is 13.8. The summed E-state index contributed by atoms with van der Waals surface area (Å²) in [5.41, 5.74) is 0.260. The molecule has 0 bridgehead atoms. The van der Waals surface area contributed by atoms with Crippen molar-refractivity contribution < 1.29 is 32.0 Å². The lowest BCUT2D eigenvalue weighted by atomic mass is 10.1. The second-order valence-electron chi connectivity index (χ2n) is 5.95. The second-order valence-corrected chi connectivity index (χ2v) is 7.37. The molecule has 1 aliphatic heterocycles. The van der Waals surface area contributed by atoms with Crippen LogP contribution in [0.25, 0.3) is 10.8 Å². The van der Waals surface area contributed by atoms with E-state index in [2.05, 4.69) is 0 Å². The molecular formula is C20H17NO7S. The molecule has 0 radical (unpaired) electrons. The molecule has 29 heavy (non-hydrogen) atoms. The number of hydrogen-bond donors (Lipinski definition) is 1. The van der Waals surface area contributed by atoms with Crippen LogP contribution in [0.4, 0.5) is 5.69 Å². The molecule has 0 spiro atoms. The van der Waals surface area contributed by atoms with Crippen LogP contribution >= 0.6 is 0 Å². The summed E-state index contributed by atoms with van der Waals surface area (Å²) >= 11 is 0. The Hall–Kier alpha value is -3.43. The van der Waals surface area contributed by atoms with Crippen molar-refractivity contribution in [1.82, 2.24) is 0 Å². The van der Waals surface area contributed by atoms with Crippen molar-refractivity contribution in [2.75, 3.05) is 19.1 Å². The first kappa shape index (κ1) is 20.3. The van der Waals surface area contributed by atoms with Gasteiger partial charge < -0.3 is 14.4 Å². The van der Waals surface area contributed by atoms with Gasteiger partial charge in [-0.1, -0.05) is 24.3 Å². The Kier molecular flexibility index (Phi) is 5.53. The predicted molar refractivity (Wildman–Crippen MR) is 106 cm³/mol. The molecule has 0 saturated heterocycles. The zero-order valence-electron chi connectivity index (χ0n) is 15.5. The van der Waals surface area contributed by atoms with Crippen molar-refractivity contribution in [2.24, 2.45) is 0 Å². The Labute approximate surface area is 167 Å². The smallest absolute Gasteiger partial charge is 0.355 e. The number of anilines is 1. The van der Waals surface area contributed by atoms with Crippen LogP contribution < -0.4 is 4.90 Å².